The first-order valence-electron chi connectivity index (χ1n) is 9.08. The Morgan fingerprint density at radius 3 is 2.62 bits per heavy atom. The fraction of sp³-hybridized carbons (Fsp3) is 0.0435. The number of carbonyl (C=O) groups excluding carboxylic acids is 1. The van der Waals surface area contributed by atoms with E-state index in [-0.39, 0.29) is 12.5 Å². The van der Waals surface area contributed by atoms with Crippen LogP contribution in [0.4, 0.5) is 5.69 Å². The molecule has 4 aromatic rings. The molecule has 3 aromatic carbocycles. The molecule has 0 saturated carbocycles. The topological polar surface area (TPSA) is 66.6 Å². The van der Waals surface area contributed by atoms with Crippen LogP contribution in [0.25, 0.3) is 22.1 Å². The molecule has 0 saturated heterocycles. The zero-order chi connectivity index (χ0) is 20.1. The van der Waals surface area contributed by atoms with Gasteiger partial charge in [0.25, 0.3) is 5.91 Å². The Kier molecular flexibility index (Phi) is 5.72. The minimum atomic E-state index is -0.242. The molecule has 0 atom stereocenters. The maximum atomic E-state index is 12.1. The van der Waals surface area contributed by atoms with Crippen LogP contribution in [0.3, 0.4) is 0 Å². The summed E-state index contributed by atoms with van der Waals surface area (Å²) in [6.07, 6.45) is 1.48. The first-order valence-corrected chi connectivity index (χ1v) is 9.88. The van der Waals surface area contributed by atoms with Gasteiger partial charge in [-0.3, -0.25) is 4.79 Å². The molecule has 0 spiro atoms. The molecule has 2 N–H and O–H groups in total. The molecule has 1 amide bonds. The lowest BCUT2D eigenvalue weighted by Gasteiger charge is -2.08. The minimum absolute atomic E-state index is 0.119. The number of amides is 1. The molecule has 1 heterocycles. The Morgan fingerprint density at radius 2 is 1.76 bits per heavy atom. The first kappa shape index (κ1) is 19.0. The largest absolute Gasteiger partial charge is 0.455 e. The highest BCUT2D eigenvalue weighted by Crippen LogP contribution is 2.24. The van der Waals surface area contributed by atoms with Crippen molar-refractivity contribution < 1.29 is 9.21 Å². The SMILES string of the molecule is O=C(CNc1cccc2ccccc12)N/N=C/c1ccc(-c2ccc(Br)cc2)o1. The van der Waals surface area contributed by atoms with Crippen LogP contribution in [0.15, 0.2) is 92.9 Å². The van der Waals surface area contributed by atoms with E-state index in [0.29, 0.717) is 5.76 Å². The zero-order valence-corrected chi connectivity index (χ0v) is 17.0. The average Bonchev–Trinajstić information content (AvgIpc) is 3.21. The maximum Gasteiger partial charge on any atom is 0.259 e. The summed E-state index contributed by atoms with van der Waals surface area (Å²) < 4.78 is 6.75. The van der Waals surface area contributed by atoms with Gasteiger partial charge < -0.3 is 9.73 Å². The lowest BCUT2D eigenvalue weighted by atomic mass is 10.1. The van der Waals surface area contributed by atoms with Crippen molar-refractivity contribution in [3.8, 4) is 11.3 Å². The maximum absolute atomic E-state index is 12.1. The Labute approximate surface area is 176 Å². The average molecular weight is 448 g/mol. The summed E-state index contributed by atoms with van der Waals surface area (Å²) in [5.74, 6) is 1.06. The molecule has 0 aliphatic carbocycles. The summed E-state index contributed by atoms with van der Waals surface area (Å²) in [5.41, 5.74) is 4.39. The highest BCUT2D eigenvalue weighted by atomic mass is 79.9. The van der Waals surface area contributed by atoms with Crippen LogP contribution >= 0.6 is 15.9 Å². The number of furan rings is 1. The van der Waals surface area contributed by atoms with Crippen LogP contribution in [-0.4, -0.2) is 18.7 Å². The third-order valence-corrected chi connectivity index (χ3v) is 4.89. The fourth-order valence-electron chi connectivity index (χ4n) is 2.95. The van der Waals surface area contributed by atoms with Gasteiger partial charge in [-0.15, -0.1) is 0 Å². The molecule has 0 aliphatic rings. The smallest absolute Gasteiger partial charge is 0.259 e. The number of nitrogens with zero attached hydrogens (tertiary/aromatic N) is 1. The lowest BCUT2D eigenvalue weighted by Crippen LogP contribution is -2.25. The van der Waals surface area contributed by atoms with E-state index in [1.165, 1.54) is 6.21 Å². The van der Waals surface area contributed by atoms with Crippen molar-refractivity contribution in [3.63, 3.8) is 0 Å². The van der Waals surface area contributed by atoms with Crippen LogP contribution in [0.1, 0.15) is 5.76 Å². The normalized spacial score (nSPS) is 11.1. The van der Waals surface area contributed by atoms with E-state index in [0.717, 1.165) is 32.3 Å². The lowest BCUT2D eigenvalue weighted by molar-refractivity contribution is -0.119. The van der Waals surface area contributed by atoms with Crippen molar-refractivity contribution in [2.24, 2.45) is 5.10 Å². The van der Waals surface area contributed by atoms with Crippen molar-refractivity contribution in [2.45, 2.75) is 0 Å². The summed E-state index contributed by atoms with van der Waals surface area (Å²) in [5, 5.41) is 9.32. The van der Waals surface area contributed by atoms with Crippen molar-refractivity contribution in [1.29, 1.82) is 0 Å². The number of carbonyl (C=O) groups is 1. The summed E-state index contributed by atoms with van der Waals surface area (Å²) in [6.45, 7) is 0.119. The Hall–Kier alpha value is -3.38. The highest BCUT2D eigenvalue weighted by Gasteiger charge is 2.05. The van der Waals surface area contributed by atoms with Crippen molar-refractivity contribution >= 4 is 44.5 Å². The quantitative estimate of drug-likeness (QED) is 0.306. The van der Waals surface area contributed by atoms with E-state index in [1.54, 1.807) is 6.07 Å². The number of hydrazone groups is 1. The number of anilines is 1. The zero-order valence-electron chi connectivity index (χ0n) is 15.4. The predicted octanol–water partition coefficient (Wildman–Crippen LogP) is 5.42. The molecule has 0 aliphatic heterocycles. The van der Waals surface area contributed by atoms with Crippen LogP contribution in [-0.2, 0) is 4.79 Å². The fourth-order valence-corrected chi connectivity index (χ4v) is 3.22. The second-order valence-corrected chi connectivity index (χ2v) is 7.30. The molecule has 0 bridgehead atoms. The number of hydrogen-bond acceptors (Lipinski definition) is 4. The predicted molar refractivity (Wildman–Crippen MR) is 120 cm³/mol. The molecule has 4 rings (SSSR count). The molecule has 29 heavy (non-hydrogen) atoms. The third kappa shape index (κ3) is 4.73. The Bertz CT molecular complexity index is 1160. The van der Waals surface area contributed by atoms with E-state index < -0.39 is 0 Å². The van der Waals surface area contributed by atoms with Gasteiger partial charge in [-0.25, -0.2) is 5.43 Å². The van der Waals surface area contributed by atoms with Gasteiger partial charge in [0.05, 0.1) is 12.8 Å². The molecule has 1 aromatic heterocycles. The number of hydrogen-bond donors (Lipinski definition) is 2. The molecular weight excluding hydrogens is 430 g/mol. The molecular formula is C23H18BrN3O2. The van der Waals surface area contributed by atoms with Gasteiger partial charge in [0.15, 0.2) is 0 Å². The number of halogens is 1. The van der Waals surface area contributed by atoms with Gasteiger partial charge in [0, 0.05) is 21.1 Å². The number of rotatable bonds is 6. The summed E-state index contributed by atoms with van der Waals surface area (Å²) in [6, 6.07) is 25.5. The van der Waals surface area contributed by atoms with Gasteiger partial charge in [0.1, 0.15) is 11.5 Å². The number of nitrogens with one attached hydrogen (secondary N) is 2. The van der Waals surface area contributed by atoms with Gasteiger partial charge in [-0.1, -0.05) is 64.5 Å². The van der Waals surface area contributed by atoms with E-state index in [4.69, 9.17) is 4.42 Å². The minimum Gasteiger partial charge on any atom is -0.455 e. The molecule has 0 fully saturated rings. The van der Waals surface area contributed by atoms with Gasteiger partial charge >= 0.3 is 0 Å². The third-order valence-electron chi connectivity index (χ3n) is 4.37. The van der Waals surface area contributed by atoms with Crippen LogP contribution < -0.4 is 10.7 Å². The highest BCUT2D eigenvalue weighted by molar-refractivity contribution is 9.10. The van der Waals surface area contributed by atoms with Crippen LogP contribution in [0.5, 0.6) is 0 Å². The number of fused-ring (bicyclic) bond motifs is 1. The van der Waals surface area contributed by atoms with Crippen molar-refractivity contribution in [3.05, 3.63) is 89.1 Å². The first-order chi connectivity index (χ1) is 14.2. The van der Waals surface area contributed by atoms with E-state index >= 15 is 0 Å². The number of benzene rings is 3. The van der Waals surface area contributed by atoms with Crippen molar-refractivity contribution in [1.82, 2.24) is 5.43 Å². The Balaban J connectivity index is 1.32. The Morgan fingerprint density at radius 1 is 0.966 bits per heavy atom. The summed E-state index contributed by atoms with van der Waals surface area (Å²) >= 11 is 3.41. The molecule has 6 heteroatoms. The van der Waals surface area contributed by atoms with Gasteiger partial charge in [-0.05, 0) is 35.7 Å². The van der Waals surface area contributed by atoms with Crippen LogP contribution in [0.2, 0.25) is 0 Å². The summed E-state index contributed by atoms with van der Waals surface area (Å²) in [7, 11) is 0. The van der Waals surface area contributed by atoms with Gasteiger partial charge in [0.2, 0.25) is 0 Å². The van der Waals surface area contributed by atoms with E-state index in [1.807, 2.05) is 72.8 Å². The molecule has 144 valence electrons. The molecule has 5 nitrogen and oxygen atoms in total. The molecule has 0 radical (unpaired) electrons. The summed E-state index contributed by atoms with van der Waals surface area (Å²) in [4.78, 5) is 12.1. The molecule has 0 unspecified atom stereocenters. The standard InChI is InChI=1S/C23H18BrN3O2/c24-18-10-8-17(9-11-18)22-13-12-19(29-22)14-26-27-23(28)15-25-21-7-3-5-16-4-1-2-6-20(16)21/h1-14,25H,15H2,(H,27,28)/b26-14+. The van der Waals surface area contributed by atoms with E-state index in [2.05, 4.69) is 31.8 Å². The second kappa shape index (κ2) is 8.75. The monoisotopic (exact) mass is 447 g/mol. The van der Waals surface area contributed by atoms with Gasteiger partial charge in [-0.2, -0.15) is 5.10 Å². The van der Waals surface area contributed by atoms with E-state index in [9.17, 15) is 4.79 Å². The second-order valence-electron chi connectivity index (χ2n) is 6.38. The van der Waals surface area contributed by atoms with Crippen molar-refractivity contribution in [2.75, 3.05) is 11.9 Å². The van der Waals surface area contributed by atoms with Crippen LogP contribution in [0, 0.1) is 0 Å².